The van der Waals surface area contributed by atoms with Crippen molar-refractivity contribution in [2.75, 3.05) is 6.54 Å². The topological polar surface area (TPSA) is 102 Å². The van der Waals surface area contributed by atoms with Gasteiger partial charge in [0, 0.05) is 6.54 Å². The van der Waals surface area contributed by atoms with E-state index >= 15 is 0 Å². The van der Waals surface area contributed by atoms with E-state index < -0.39 is 17.2 Å². The van der Waals surface area contributed by atoms with E-state index in [-0.39, 0.29) is 0 Å². The molecule has 9 heteroatoms. The van der Waals surface area contributed by atoms with Crippen molar-refractivity contribution in [1.29, 1.82) is 0 Å². The van der Waals surface area contributed by atoms with Crippen LogP contribution >= 0.6 is 11.8 Å². The molecule has 1 atom stereocenters. The highest BCUT2D eigenvalue weighted by Gasteiger charge is 2.27. The monoisotopic (exact) mass is 461 g/mol. The molecule has 2 heterocycles. The van der Waals surface area contributed by atoms with Gasteiger partial charge in [-0.3, -0.25) is 14.7 Å². The number of carbonyl (C=O) groups excluding carboxylic acids is 2. The van der Waals surface area contributed by atoms with E-state index in [9.17, 15) is 9.59 Å². The number of furan rings is 1. The number of benzene rings is 2. The zero-order valence-electron chi connectivity index (χ0n) is 18.0. The summed E-state index contributed by atoms with van der Waals surface area (Å²) in [4.78, 5) is 25.1. The lowest BCUT2D eigenvalue weighted by molar-refractivity contribution is -0.119. The lowest BCUT2D eigenvalue weighted by Gasteiger charge is -2.17. The van der Waals surface area contributed by atoms with Crippen molar-refractivity contribution in [3.63, 3.8) is 0 Å². The van der Waals surface area contributed by atoms with Gasteiger partial charge in [-0.15, -0.1) is 10.2 Å². The molecule has 0 spiro atoms. The second kappa shape index (κ2) is 10.6. The van der Waals surface area contributed by atoms with Crippen molar-refractivity contribution in [1.82, 2.24) is 25.4 Å². The highest BCUT2D eigenvalue weighted by atomic mass is 32.2. The fraction of sp³-hybridized carbons (Fsp3) is 0.167. The highest BCUT2D eigenvalue weighted by molar-refractivity contribution is 8.00. The largest absolute Gasteiger partial charge is 0.461 e. The van der Waals surface area contributed by atoms with Crippen LogP contribution in [-0.2, 0) is 11.3 Å². The Labute approximate surface area is 195 Å². The van der Waals surface area contributed by atoms with E-state index in [2.05, 4.69) is 20.8 Å². The molecule has 0 aliphatic carbocycles. The summed E-state index contributed by atoms with van der Waals surface area (Å²) in [6.07, 6.45) is 1.58. The molecule has 0 bridgehead atoms. The second-order valence-corrected chi connectivity index (χ2v) is 8.18. The molecule has 0 saturated heterocycles. The number of urea groups is 1. The molecule has 0 radical (unpaired) electrons. The third kappa shape index (κ3) is 5.50. The first-order valence-corrected chi connectivity index (χ1v) is 11.3. The minimum atomic E-state index is -0.711. The average Bonchev–Trinajstić information content (AvgIpc) is 3.49. The number of rotatable bonds is 8. The van der Waals surface area contributed by atoms with Gasteiger partial charge >= 0.3 is 6.03 Å². The molecule has 2 aromatic heterocycles. The lowest BCUT2D eigenvalue weighted by Crippen LogP contribution is -2.41. The van der Waals surface area contributed by atoms with Crippen LogP contribution in [0, 0.1) is 0 Å². The molecule has 3 amide bonds. The standard InChI is InChI=1S/C24H23N5O3S/c1-2-25-23(31)26-22(30)20(18-12-7-4-8-13-18)33-24-28-27-21(19-14-9-15-32-19)29(24)16-17-10-5-3-6-11-17/h3-15,20H,2,16H2,1H3,(H2,25,26,30,31)/t20-/m0/s1. The van der Waals surface area contributed by atoms with Crippen molar-refractivity contribution < 1.29 is 14.0 Å². The van der Waals surface area contributed by atoms with E-state index in [0.29, 0.717) is 29.8 Å². The predicted molar refractivity (Wildman–Crippen MR) is 126 cm³/mol. The molecule has 0 saturated carbocycles. The Morgan fingerprint density at radius 2 is 1.73 bits per heavy atom. The third-order valence-corrected chi connectivity index (χ3v) is 6.01. The Morgan fingerprint density at radius 3 is 2.39 bits per heavy atom. The van der Waals surface area contributed by atoms with Crippen molar-refractivity contribution in [2.24, 2.45) is 0 Å². The number of aromatic nitrogens is 3. The van der Waals surface area contributed by atoms with Gasteiger partial charge in [-0.1, -0.05) is 72.4 Å². The number of carbonyl (C=O) groups is 2. The first kappa shape index (κ1) is 22.3. The van der Waals surface area contributed by atoms with Crippen LogP contribution in [-0.4, -0.2) is 33.2 Å². The Hall–Kier alpha value is -3.85. The summed E-state index contributed by atoms with van der Waals surface area (Å²) in [6, 6.07) is 22.2. The molecule has 0 aliphatic heterocycles. The fourth-order valence-electron chi connectivity index (χ4n) is 3.26. The van der Waals surface area contributed by atoms with Gasteiger partial charge in [0.15, 0.2) is 10.9 Å². The molecule has 2 N–H and O–H groups in total. The van der Waals surface area contributed by atoms with Gasteiger partial charge < -0.3 is 9.73 Å². The van der Waals surface area contributed by atoms with Crippen molar-refractivity contribution in [3.05, 3.63) is 90.2 Å². The number of hydrogen-bond donors (Lipinski definition) is 2. The smallest absolute Gasteiger partial charge is 0.321 e. The molecule has 2 aromatic carbocycles. The number of nitrogens with zero attached hydrogens (tertiary/aromatic N) is 3. The summed E-state index contributed by atoms with van der Waals surface area (Å²) in [6.45, 7) is 2.70. The zero-order valence-corrected chi connectivity index (χ0v) is 18.8. The van der Waals surface area contributed by atoms with Gasteiger partial charge in [-0.05, 0) is 30.2 Å². The summed E-state index contributed by atoms with van der Waals surface area (Å²) in [5.74, 6) is 0.696. The highest BCUT2D eigenvalue weighted by Crippen LogP contribution is 2.36. The SMILES string of the molecule is CCNC(=O)NC(=O)[C@@H](Sc1nnc(-c2ccco2)n1Cc1ccccc1)c1ccccc1. The Morgan fingerprint density at radius 1 is 1.00 bits per heavy atom. The van der Waals surface area contributed by atoms with E-state index in [1.54, 1.807) is 19.3 Å². The maximum atomic E-state index is 13.1. The van der Waals surface area contributed by atoms with Gasteiger partial charge in [0.2, 0.25) is 11.7 Å². The summed E-state index contributed by atoms with van der Waals surface area (Å²) in [5, 5.41) is 13.5. The van der Waals surface area contributed by atoms with E-state index in [1.165, 1.54) is 11.8 Å². The molecular formula is C24H23N5O3S. The van der Waals surface area contributed by atoms with Crippen LogP contribution in [0.1, 0.15) is 23.3 Å². The van der Waals surface area contributed by atoms with Gasteiger partial charge in [0.05, 0.1) is 12.8 Å². The number of nitrogens with one attached hydrogen (secondary N) is 2. The molecule has 0 fully saturated rings. The molecule has 4 rings (SSSR count). The summed E-state index contributed by atoms with van der Waals surface area (Å²) >= 11 is 1.23. The summed E-state index contributed by atoms with van der Waals surface area (Å²) in [5.41, 5.74) is 1.80. The first-order valence-electron chi connectivity index (χ1n) is 10.5. The third-order valence-electron chi connectivity index (χ3n) is 4.78. The molecule has 33 heavy (non-hydrogen) atoms. The molecule has 0 unspecified atom stereocenters. The molecule has 8 nitrogen and oxygen atoms in total. The van der Waals surface area contributed by atoms with Crippen molar-refractivity contribution >= 4 is 23.7 Å². The van der Waals surface area contributed by atoms with Gasteiger partial charge in [-0.25, -0.2) is 4.79 Å². The Bertz CT molecular complexity index is 1190. The number of thioether (sulfide) groups is 1. The van der Waals surface area contributed by atoms with Crippen molar-refractivity contribution in [2.45, 2.75) is 23.9 Å². The molecule has 4 aromatic rings. The number of amides is 3. The quantitative estimate of drug-likeness (QED) is 0.380. The van der Waals surface area contributed by atoms with Gasteiger partial charge in [-0.2, -0.15) is 0 Å². The van der Waals surface area contributed by atoms with Crippen LogP contribution in [0.2, 0.25) is 0 Å². The minimum Gasteiger partial charge on any atom is -0.461 e. The van der Waals surface area contributed by atoms with E-state index in [0.717, 1.165) is 11.1 Å². The van der Waals surface area contributed by atoms with E-state index in [4.69, 9.17) is 4.42 Å². The van der Waals surface area contributed by atoms with Crippen LogP contribution in [0.15, 0.2) is 88.6 Å². The molecule has 168 valence electrons. The first-order chi connectivity index (χ1) is 16.2. The van der Waals surface area contributed by atoms with Crippen LogP contribution < -0.4 is 10.6 Å². The predicted octanol–water partition coefficient (Wildman–Crippen LogP) is 4.27. The van der Waals surface area contributed by atoms with Crippen LogP contribution in [0.4, 0.5) is 4.79 Å². The Balaban J connectivity index is 1.69. The maximum absolute atomic E-state index is 13.1. The van der Waals surface area contributed by atoms with Crippen molar-refractivity contribution in [3.8, 4) is 11.6 Å². The van der Waals surface area contributed by atoms with Crippen LogP contribution in [0.25, 0.3) is 11.6 Å². The van der Waals surface area contributed by atoms with E-state index in [1.807, 2.05) is 71.3 Å². The summed E-state index contributed by atoms with van der Waals surface area (Å²) in [7, 11) is 0. The van der Waals surface area contributed by atoms with Crippen LogP contribution in [0.3, 0.4) is 0 Å². The second-order valence-electron chi connectivity index (χ2n) is 7.11. The lowest BCUT2D eigenvalue weighted by atomic mass is 10.1. The number of imide groups is 1. The Kier molecular flexibility index (Phi) is 7.21. The van der Waals surface area contributed by atoms with Gasteiger partial charge in [0.1, 0.15) is 5.25 Å². The zero-order chi connectivity index (χ0) is 23.0. The van der Waals surface area contributed by atoms with Gasteiger partial charge in [0.25, 0.3) is 0 Å². The molecule has 0 aliphatic rings. The minimum absolute atomic E-state index is 0.417. The number of hydrogen-bond acceptors (Lipinski definition) is 6. The fourth-order valence-corrected chi connectivity index (χ4v) is 4.30. The maximum Gasteiger partial charge on any atom is 0.321 e. The van der Waals surface area contributed by atoms with Crippen LogP contribution in [0.5, 0.6) is 0 Å². The summed E-state index contributed by atoms with van der Waals surface area (Å²) < 4.78 is 7.47. The average molecular weight is 462 g/mol. The molecular weight excluding hydrogens is 438 g/mol. The normalized spacial score (nSPS) is 11.7.